The van der Waals surface area contributed by atoms with Crippen LogP contribution in [0.1, 0.15) is 21.7 Å². The monoisotopic (exact) mass is 363 g/mol. The first-order chi connectivity index (χ1) is 11.9. The molecule has 0 aliphatic rings. The molecule has 0 fully saturated rings. The highest BCUT2D eigenvalue weighted by Gasteiger charge is 2.32. The highest BCUT2D eigenvalue weighted by molar-refractivity contribution is 7.13. The third-order valence-electron chi connectivity index (χ3n) is 3.32. The number of benzene rings is 1. The van der Waals surface area contributed by atoms with Crippen LogP contribution in [0.3, 0.4) is 0 Å². The van der Waals surface area contributed by atoms with Gasteiger partial charge in [-0.15, -0.1) is 11.3 Å². The summed E-state index contributed by atoms with van der Waals surface area (Å²) >= 11 is 1.46. The summed E-state index contributed by atoms with van der Waals surface area (Å²) in [6.45, 7) is 0.184. The van der Waals surface area contributed by atoms with Gasteiger partial charge in [-0.25, -0.2) is 4.98 Å². The zero-order chi connectivity index (χ0) is 17.9. The van der Waals surface area contributed by atoms with Crippen molar-refractivity contribution in [1.29, 1.82) is 0 Å². The van der Waals surface area contributed by atoms with Crippen LogP contribution < -0.4 is 5.32 Å². The van der Waals surface area contributed by atoms with Gasteiger partial charge in [0.1, 0.15) is 10.7 Å². The van der Waals surface area contributed by atoms with E-state index in [1.165, 1.54) is 11.3 Å². The zero-order valence-electron chi connectivity index (χ0n) is 12.7. The summed E-state index contributed by atoms with van der Waals surface area (Å²) in [6, 6.07) is 11.5. The Morgan fingerprint density at radius 3 is 2.52 bits per heavy atom. The number of nitrogens with one attached hydrogen (secondary N) is 1. The molecular formula is C17H12F3N3OS. The number of hydrogen-bond donors (Lipinski definition) is 1. The Balaban J connectivity index is 1.62. The van der Waals surface area contributed by atoms with Gasteiger partial charge in [0.05, 0.1) is 17.8 Å². The van der Waals surface area contributed by atoms with Crippen LogP contribution in [0, 0.1) is 0 Å². The number of thiazole rings is 1. The predicted octanol–water partition coefficient (Wildman–Crippen LogP) is 4.15. The lowest BCUT2D eigenvalue weighted by Gasteiger charge is -2.07. The second-order valence-corrected chi connectivity index (χ2v) is 5.98. The molecule has 128 valence electrons. The molecule has 0 atom stereocenters. The molecule has 0 aliphatic heterocycles. The minimum Gasteiger partial charge on any atom is -0.346 e. The standard InChI is InChI=1S/C17H12F3N3OS/c18-17(19,20)14-7-6-12(8-21-14)15(24)22-9-13-10-25-16(23-13)11-4-2-1-3-5-11/h1-8,10H,9H2,(H,22,24). The van der Waals surface area contributed by atoms with Crippen LogP contribution >= 0.6 is 11.3 Å². The van der Waals surface area contributed by atoms with E-state index in [1.807, 2.05) is 35.7 Å². The van der Waals surface area contributed by atoms with E-state index in [1.54, 1.807) is 0 Å². The molecule has 2 heterocycles. The Morgan fingerprint density at radius 1 is 1.12 bits per heavy atom. The maximum absolute atomic E-state index is 12.5. The highest BCUT2D eigenvalue weighted by Crippen LogP contribution is 2.27. The van der Waals surface area contributed by atoms with Gasteiger partial charge in [-0.05, 0) is 12.1 Å². The average Bonchev–Trinajstić information content (AvgIpc) is 3.09. The molecule has 8 heteroatoms. The van der Waals surface area contributed by atoms with Gasteiger partial charge in [-0.2, -0.15) is 13.2 Å². The van der Waals surface area contributed by atoms with Crippen molar-refractivity contribution in [2.24, 2.45) is 0 Å². The minimum atomic E-state index is -4.52. The fourth-order valence-electron chi connectivity index (χ4n) is 2.07. The quantitative estimate of drug-likeness (QED) is 0.757. The van der Waals surface area contributed by atoms with E-state index in [4.69, 9.17) is 0 Å². The molecule has 3 aromatic rings. The van der Waals surface area contributed by atoms with Gasteiger partial charge in [0.15, 0.2) is 0 Å². The Labute approximate surface area is 145 Å². The van der Waals surface area contributed by atoms with Crippen molar-refractivity contribution in [1.82, 2.24) is 15.3 Å². The van der Waals surface area contributed by atoms with Crippen LogP contribution in [0.15, 0.2) is 54.0 Å². The second kappa shape index (κ2) is 7.02. The van der Waals surface area contributed by atoms with Gasteiger partial charge in [-0.1, -0.05) is 30.3 Å². The van der Waals surface area contributed by atoms with Crippen LogP contribution in [-0.2, 0) is 12.7 Å². The molecule has 4 nitrogen and oxygen atoms in total. The number of alkyl halides is 3. The number of carbonyl (C=O) groups excluding carboxylic acids is 1. The number of nitrogens with zero attached hydrogens (tertiary/aromatic N) is 2. The maximum atomic E-state index is 12.5. The van der Waals surface area contributed by atoms with E-state index in [2.05, 4.69) is 15.3 Å². The topological polar surface area (TPSA) is 54.9 Å². The molecule has 1 aromatic carbocycles. The molecule has 25 heavy (non-hydrogen) atoms. The van der Waals surface area contributed by atoms with E-state index in [9.17, 15) is 18.0 Å². The predicted molar refractivity (Wildman–Crippen MR) is 88.0 cm³/mol. The van der Waals surface area contributed by atoms with Crippen LogP contribution in [0.2, 0.25) is 0 Å². The summed E-state index contributed by atoms with van der Waals surface area (Å²) in [7, 11) is 0. The minimum absolute atomic E-state index is 0.0616. The van der Waals surface area contributed by atoms with Gasteiger partial charge in [0.25, 0.3) is 5.91 Å². The highest BCUT2D eigenvalue weighted by atomic mass is 32.1. The Morgan fingerprint density at radius 2 is 1.88 bits per heavy atom. The lowest BCUT2D eigenvalue weighted by atomic mass is 10.2. The molecule has 1 amide bonds. The first-order valence-corrected chi connectivity index (χ1v) is 8.13. The van der Waals surface area contributed by atoms with Gasteiger partial charge in [-0.3, -0.25) is 9.78 Å². The number of hydrogen-bond acceptors (Lipinski definition) is 4. The van der Waals surface area contributed by atoms with Gasteiger partial charge < -0.3 is 5.32 Å². The summed E-state index contributed by atoms with van der Waals surface area (Å²) in [5, 5.41) is 5.28. The van der Waals surface area contributed by atoms with E-state index < -0.39 is 17.8 Å². The molecule has 0 saturated heterocycles. The van der Waals surface area contributed by atoms with Crippen molar-refractivity contribution in [3.05, 3.63) is 71.0 Å². The maximum Gasteiger partial charge on any atom is 0.433 e. The third kappa shape index (κ3) is 4.21. The Hall–Kier alpha value is -2.74. The molecule has 0 aliphatic carbocycles. The summed E-state index contributed by atoms with van der Waals surface area (Å²) in [5.74, 6) is -0.504. The average molecular weight is 363 g/mol. The van der Waals surface area contributed by atoms with Crippen molar-refractivity contribution >= 4 is 17.2 Å². The van der Waals surface area contributed by atoms with Crippen LogP contribution in [-0.4, -0.2) is 15.9 Å². The molecular weight excluding hydrogens is 351 g/mol. The van der Waals surface area contributed by atoms with Gasteiger partial charge in [0.2, 0.25) is 0 Å². The number of halogens is 3. The number of carbonyl (C=O) groups is 1. The van der Waals surface area contributed by atoms with E-state index in [-0.39, 0.29) is 12.1 Å². The first-order valence-electron chi connectivity index (χ1n) is 7.25. The third-order valence-corrected chi connectivity index (χ3v) is 4.26. The van der Waals surface area contributed by atoms with E-state index >= 15 is 0 Å². The number of pyridine rings is 1. The SMILES string of the molecule is O=C(NCc1csc(-c2ccccc2)n1)c1ccc(C(F)(F)F)nc1. The second-order valence-electron chi connectivity index (χ2n) is 5.12. The van der Waals surface area contributed by atoms with Gasteiger partial charge in [0, 0.05) is 17.1 Å². The normalized spacial score (nSPS) is 11.3. The summed E-state index contributed by atoms with van der Waals surface area (Å²) < 4.78 is 37.4. The number of amides is 1. The summed E-state index contributed by atoms with van der Waals surface area (Å²) in [5.41, 5.74) is 0.691. The molecule has 0 saturated carbocycles. The van der Waals surface area contributed by atoms with Crippen LogP contribution in [0.5, 0.6) is 0 Å². The number of rotatable bonds is 4. The molecule has 0 unspecified atom stereocenters. The zero-order valence-corrected chi connectivity index (χ0v) is 13.6. The molecule has 1 N–H and O–H groups in total. The van der Waals surface area contributed by atoms with Crippen molar-refractivity contribution < 1.29 is 18.0 Å². The molecule has 0 radical (unpaired) electrons. The van der Waals surface area contributed by atoms with Crippen molar-refractivity contribution in [3.8, 4) is 10.6 Å². The lowest BCUT2D eigenvalue weighted by Crippen LogP contribution is -2.23. The summed E-state index contributed by atoms with van der Waals surface area (Å²) in [6.07, 6.45) is -3.61. The smallest absolute Gasteiger partial charge is 0.346 e. The Kier molecular flexibility index (Phi) is 4.80. The summed E-state index contributed by atoms with van der Waals surface area (Å²) in [4.78, 5) is 19.7. The Bertz CT molecular complexity index is 861. The van der Waals surface area contributed by atoms with Crippen LogP contribution in [0.4, 0.5) is 13.2 Å². The molecule has 0 spiro atoms. The van der Waals surface area contributed by atoms with Crippen molar-refractivity contribution in [2.45, 2.75) is 12.7 Å². The molecule has 3 rings (SSSR count). The van der Waals surface area contributed by atoms with Crippen molar-refractivity contribution in [3.63, 3.8) is 0 Å². The fraction of sp³-hybridized carbons (Fsp3) is 0.118. The first kappa shape index (κ1) is 17.1. The van der Waals surface area contributed by atoms with E-state index in [0.29, 0.717) is 5.69 Å². The molecule has 2 aromatic heterocycles. The van der Waals surface area contributed by atoms with Crippen molar-refractivity contribution in [2.75, 3.05) is 0 Å². The molecule has 0 bridgehead atoms. The fourth-order valence-corrected chi connectivity index (χ4v) is 2.90. The van der Waals surface area contributed by atoms with Gasteiger partial charge >= 0.3 is 6.18 Å². The van der Waals surface area contributed by atoms with E-state index in [0.717, 1.165) is 28.9 Å². The largest absolute Gasteiger partial charge is 0.433 e. The lowest BCUT2D eigenvalue weighted by molar-refractivity contribution is -0.141. The van der Waals surface area contributed by atoms with Crippen LogP contribution in [0.25, 0.3) is 10.6 Å². The number of aromatic nitrogens is 2.